The van der Waals surface area contributed by atoms with Crippen LogP contribution in [0.1, 0.15) is 65.1 Å². The summed E-state index contributed by atoms with van der Waals surface area (Å²) in [7, 11) is 6.26. The van der Waals surface area contributed by atoms with Crippen molar-refractivity contribution in [2.24, 2.45) is 4.99 Å². The number of ether oxygens (including phenoxy) is 5. The van der Waals surface area contributed by atoms with E-state index in [4.69, 9.17) is 28.7 Å². The molecule has 12 heteroatoms. The van der Waals surface area contributed by atoms with Crippen LogP contribution in [0.2, 0.25) is 0 Å². The summed E-state index contributed by atoms with van der Waals surface area (Å²) >= 11 is 0. The third-order valence-corrected chi connectivity index (χ3v) is 6.30. The molecule has 1 aliphatic carbocycles. The lowest BCUT2D eigenvalue weighted by atomic mass is 9.95. The summed E-state index contributed by atoms with van der Waals surface area (Å²) in [5, 5.41) is 8.00. The van der Waals surface area contributed by atoms with Gasteiger partial charge in [0.1, 0.15) is 11.2 Å². The number of hydrogen-bond acceptors (Lipinski definition) is 10. The molecule has 0 spiro atoms. The van der Waals surface area contributed by atoms with Gasteiger partial charge in [0.2, 0.25) is 17.1 Å². The molecule has 0 heterocycles. The number of benzene rings is 1. The van der Waals surface area contributed by atoms with Gasteiger partial charge in [-0.3, -0.25) is 15.4 Å². The van der Waals surface area contributed by atoms with Crippen molar-refractivity contribution in [1.29, 1.82) is 0 Å². The number of hydrogen-bond donors (Lipinski definition) is 3. The molecule has 0 aromatic heterocycles. The van der Waals surface area contributed by atoms with Crippen LogP contribution in [0, 0.1) is 0 Å². The molecule has 0 bridgehead atoms. The number of rotatable bonds is 5. The summed E-state index contributed by atoms with van der Waals surface area (Å²) in [5.41, 5.74) is 1.29. The monoisotopic (exact) mass is 598 g/mol. The number of carbonyl (C=O) groups is 2. The molecular formula is C31H42N4O8. The molecule has 234 valence electrons. The van der Waals surface area contributed by atoms with E-state index in [1.54, 1.807) is 61.8 Å². The normalized spacial score (nSPS) is 14.1. The number of methoxy groups -OCH3 is 3. The van der Waals surface area contributed by atoms with E-state index in [1.807, 2.05) is 12.1 Å². The van der Waals surface area contributed by atoms with Gasteiger partial charge in [-0.1, -0.05) is 6.07 Å². The number of anilines is 1. The number of nitrogens with zero attached hydrogens (tertiary/aromatic N) is 1. The second kappa shape index (κ2) is 13.2. The van der Waals surface area contributed by atoms with E-state index >= 15 is 0 Å². The van der Waals surface area contributed by atoms with Crippen LogP contribution in [-0.2, 0) is 15.9 Å². The smallest absolute Gasteiger partial charge is 0.414 e. The minimum absolute atomic E-state index is 0.194. The van der Waals surface area contributed by atoms with Crippen LogP contribution < -0.4 is 35.6 Å². The number of amides is 2. The van der Waals surface area contributed by atoms with Crippen LogP contribution in [-0.4, -0.2) is 57.7 Å². The fraction of sp³-hybridized carbons (Fsp3) is 0.484. The summed E-state index contributed by atoms with van der Waals surface area (Å²) in [4.78, 5) is 43.6. The molecule has 0 unspecified atom stereocenters. The van der Waals surface area contributed by atoms with E-state index in [2.05, 4.69) is 16.0 Å². The molecule has 2 amide bonds. The third kappa shape index (κ3) is 8.30. The van der Waals surface area contributed by atoms with E-state index in [0.29, 0.717) is 52.5 Å². The van der Waals surface area contributed by atoms with E-state index in [-0.39, 0.29) is 11.4 Å². The van der Waals surface area contributed by atoms with Gasteiger partial charge in [0.05, 0.1) is 33.1 Å². The van der Waals surface area contributed by atoms with Gasteiger partial charge in [-0.15, -0.1) is 0 Å². The van der Waals surface area contributed by atoms with Crippen molar-refractivity contribution in [2.75, 3.05) is 33.7 Å². The first-order valence-corrected chi connectivity index (χ1v) is 13.9. The molecule has 1 atom stereocenters. The Kier molecular flexibility index (Phi) is 10.2. The zero-order valence-electron chi connectivity index (χ0n) is 26.5. The van der Waals surface area contributed by atoms with E-state index < -0.39 is 29.4 Å². The third-order valence-electron chi connectivity index (χ3n) is 6.30. The summed E-state index contributed by atoms with van der Waals surface area (Å²) in [6.45, 7) is 10.3. The van der Waals surface area contributed by atoms with Crippen molar-refractivity contribution in [3.8, 4) is 28.4 Å². The molecule has 0 aliphatic heterocycles. The molecule has 2 aromatic rings. The van der Waals surface area contributed by atoms with Gasteiger partial charge in [-0.25, -0.2) is 14.6 Å². The Morgan fingerprint density at radius 3 is 1.93 bits per heavy atom. The quantitative estimate of drug-likeness (QED) is 0.313. The number of aliphatic imine (C=N–C) groups is 1. The van der Waals surface area contributed by atoms with Crippen LogP contribution in [0.25, 0.3) is 11.1 Å². The fourth-order valence-electron chi connectivity index (χ4n) is 4.69. The Morgan fingerprint density at radius 2 is 1.44 bits per heavy atom. The minimum atomic E-state index is -0.823. The highest BCUT2D eigenvalue weighted by atomic mass is 16.6. The standard InChI is InChI=1S/C31H42N4O8/c1-30(2,3)42-28(37)34-27(35-29(38)43-31(4,5)6)33-20-13-11-17-15-23(39-8)25(40-9)26(41-10)24(17)18-12-14-21(32-7)22(36)16-19(18)20/h12,14-16,20H,11,13H2,1-10H3,(H,32,36)(H2,33,34,35,37,38)/t20-/m0/s1. The SMILES string of the molecule is CNc1ccc2c(cc1=O)[C@@H](N=C(NC(=O)OC(C)(C)C)NC(=O)OC(C)(C)C)CCc1cc(OC)c(OC)c(OC)c1-2. The topological polar surface area (TPSA) is 146 Å². The Bertz CT molecular complexity index is 1430. The van der Waals surface area contributed by atoms with Crippen LogP contribution >= 0.6 is 0 Å². The van der Waals surface area contributed by atoms with Gasteiger partial charge >= 0.3 is 12.2 Å². The molecule has 3 N–H and O–H groups in total. The highest BCUT2D eigenvalue weighted by Gasteiger charge is 2.30. The second-order valence-corrected chi connectivity index (χ2v) is 11.8. The van der Waals surface area contributed by atoms with Crippen molar-refractivity contribution in [3.63, 3.8) is 0 Å². The van der Waals surface area contributed by atoms with Gasteiger partial charge in [0.25, 0.3) is 0 Å². The van der Waals surface area contributed by atoms with Crippen molar-refractivity contribution >= 4 is 23.8 Å². The molecule has 43 heavy (non-hydrogen) atoms. The van der Waals surface area contributed by atoms with Crippen LogP contribution in [0.4, 0.5) is 15.3 Å². The van der Waals surface area contributed by atoms with Crippen molar-refractivity contribution in [1.82, 2.24) is 10.6 Å². The highest BCUT2D eigenvalue weighted by molar-refractivity contribution is 6.01. The average Bonchev–Trinajstić information content (AvgIpc) is 3.13. The van der Waals surface area contributed by atoms with Crippen molar-refractivity contribution < 1.29 is 33.3 Å². The summed E-state index contributed by atoms with van der Waals surface area (Å²) in [6.07, 6.45) is -0.767. The van der Waals surface area contributed by atoms with E-state index in [0.717, 1.165) is 5.56 Å². The van der Waals surface area contributed by atoms with Crippen molar-refractivity contribution in [2.45, 2.75) is 71.6 Å². The number of carbonyl (C=O) groups excluding carboxylic acids is 2. The van der Waals surface area contributed by atoms with Gasteiger partial charge < -0.3 is 29.0 Å². The molecule has 3 rings (SSSR count). The molecule has 1 aliphatic rings. The summed E-state index contributed by atoms with van der Waals surface area (Å²) < 4.78 is 27.9. The predicted molar refractivity (Wildman–Crippen MR) is 165 cm³/mol. The Labute approximate surface area is 252 Å². The summed E-state index contributed by atoms with van der Waals surface area (Å²) in [5.74, 6) is 1.13. The van der Waals surface area contributed by atoms with E-state index in [9.17, 15) is 14.4 Å². The van der Waals surface area contributed by atoms with Gasteiger partial charge in [0, 0.05) is 12.6 Å². The summed E-state index contributed by atoms with van der Waals surface area (Å²) in [6, 6.07) is 6.17. The number of guanidine groups is 1. The average molecular weight is 599 g/mol. The first kappa shape index (κ1) is 33.0. The molecule has 0 saturated carbocycles. The lowest BCUT2D eigenvalue weighted by Gasteiger charge is -2.23. The first-order chi connectivity index (χ1) is 20.1. The molecule has 0 fully saturated rings. The molecule has 2 aromatic carbocycles. The zero-order chi connectivity index (χ0) is 32.1. The van der Waals surface area contributed by atoms with Gasteiger partial charge in [0.15, 0.2) is 11.5 Å². The highest BCUT2D eigenvalue weighted by Crippen LogP contribution is 2.50. The lowest BCUT2D eigenvalue weighted by Crippen LogP contribution is -2.47. The van der Waals surface area contributed by atoms with Crippen LogP contribution in [0.5, 0.6) is 17.2 Å². The van der Waals surface area contributed by atoms with E-state index in [1.165, 1.54) is 20.3 Å². The fourth-order valence-corrected chi connectivity index (χ4v) is 4.69. The van der Waals surface area contributed by atoms with Gasteiger partial charge in [-0.05, 0) is 89.3 Å². The first-order valence-electron chi connectivity index (χ1n) is 13.9. The zero-order valence-corrected chi connectivity index (χ0v) is 26.5. The van der Waals surface area contributed by atoms with Gasteiger partial charge in [-0.2, -0.15) is 0 Å². The number of aryl methyl sites for hydroxylation is 1. The largest absolute Gasteiger partial charge is 0.493 e. The molecular weight excluding hydrogens is 556 g/mol. The molecule has 12 nitrogen and oxygen atoms in total. The maximum Gasteiger partial charge on any atom is 0.414 e. The van der Waals surface area contributed by atoms with Crippen LogP contribution in [0.3, 0.4) is 0 Å². The number of fused-ring (bicyclic) bond motifs is 3. The maximum atomic E-state index is 13.3. The van der Waals surface area contributed by atoms with Crippen LogP contribution in [0.15, 0.2) is 34.1 Å². The molecule has 0 radical (unpaired) electrons. The Hall–Kier alpha value is -4.48. The Balaban J connectivity index is 2.27. The van der Waals surface area contributed by atoms with Crippen molar-refractivity contribution in [3.05, 3.63) is 45.6 Å². The predicted octanol–water partition coefficient (Wildman–Crippen LogP) is 5.17. The second-order valence-electron chi connectivity index (χ2n) is 11.8. The Morgan fingerprint density at radius 1 is 0.860 bits per heavy atom. The number of nitrogens with one attached hydrogen (secondary N) is 3. The minimum Gasteiger partial charge on any atom is -0.493 e. The lowest BCUT2D eigenvalue weighted by molar-refractivity contribution is 0.0544. The maximum absolute atomic E-state index is 13.3. The number of alkyl carbamates (subject to hydrolysis) is 2. The molecule has 0 saturated heterocycles.